The molecule has 6 heteroatoms. The summed E-state index contributed by atoms with van der Waals surface area (Å²) >= 11 is 1.68. The molecule has 0 aromatic rings. The van der Waals surface area contributed by atoms with Gasteiger partial charge in [-0.15, -0.1) is 0 Å². The first kappa shape index (κ1) is 14.1. The van der Waals surface area contributed by atoms with E-state index in [1.54, 1.807) is 23.7 Å². The maximum Gasteiger partial charge on any atom is 0.317 e. The van der Waals surface area contributed by atoms with E-state index in [9.17, 15) is 9.59 Å². The number of urea groups is 1. The van der Waals surface area contributed by atoms with Gasteiger partial charge in [-0.25, -0.2) is 4.79 Å². The molecule has 2 amide bonds. The van der Waals surface area contributed by atoms with Gasteiger partial charge in [0.25, 0.3) is 0 Å². The molecule has 15 heavy (non-hydrogen) atoms. The fourth-order valence-electron chi connectivity index (χ4n) is 0.900. The third kappa shape index (κ3) is 8.11. The van der Waals surface area contributed by atoms with Gasteiger partial charge in [-0.3, -0.25) is 4.79 Å². The zero-order chi connectivity index (χ0) is 11.7. The molecule has 0 aromatic carbocycles. The van der Waals surface area contributed by atoms with Crippen LogP contribution in [0.15, 0.2) is 0 Å². The molecule has 5 nitrogen and oxygen atoms in total. The lowest BCUT2D eigenvalue weighted by Gasteiger charge is -2.16. The highest BCUT2D eigenvalue weighted by Crippen LogP contribution is 1.94. The molecule has 0 spiro atoms. The van der Waals surface area contributed by atoms with E-state index < -0.39 is 5.97 Å². The second kappa shape index (κ2) is 8.40. The number of aliphatic carboxylic acids is 1. The largest absolute Gasteiger partial charge is 0.481 e. The van der Waals surface area contributed by atoms with Crippen LogP contribution in [0.5, 0.6) is 0 Å². The quantitative estimate of drug-likeness (QED) is 0.641. The van der Waals surface area contributed by atoms with Crippen molar-refractivity contribution >= 4 is 23.8 Å². The summed E-state index contributed by atoms with van der Waals surface area (Å²) < 4.78 is 0. The normalized spacial score (nSPS) is 9.73. The Hall–Kier alpha value is -0.910. The first-order valence-electron chi connectivity index (χ1n) is 4.77. The molecule has 0 aliphatic heterocycles. The smallest absolute Gasteiger partial charge is 0.317 e. The number of carboxylic acid groups (broad SMARTS) is 1. The number of carbonyl (C=O) groups is 2. The van der Waals surface area contributed by atoms with Crippen LogP contribution in [0.2, 0.25) is 0 Å². The molecule has 0 aromatic heterocycles. The van der Waals surface area contributed by atoms with Gasteiger partial charge < -0.3 is 15.3 Å². The molecule has 88 valence electrons. The minimum atomic E-state index is -0.833. The second-order valence-electron chi connectivity index (χ2n) is 3.14. The SMILES string of the molecule is CSCCN(C)C(=O)NCCCC(=O)O. The third-order valence-electron chi connectivity index (χ3n) is 1.82. The molecule has 0 aliphatic carbocycles. The summed E-state index contributed by atoms with van der Waals surface area (Å²) in [4.78, 5) is 23.1. The van der Waals surface area contributed by atoms with Gasteiger partial charge in [0.05, 0.1) is 0 Å². The van der Waals surface area contributed by atoms with Crippen LogP contribution in [0.4, 0.5) is 4.79 Å². The zero-order valence-corrected chi connectivity index (χ0v) is 9.97. The van der Waals surface area contributed by atoms with Crippen LogP contribution in [-0.4, -0.2) is 54.2 Å². The van der Waals surface area contributed by atoms with Crippen LogP contribution in [-0.2, 0) is 4.79 Å². The predicted octanol–water partition coefficient (Wildman–Crippen LogP) is 0.856. The lowest BCUT2D eigenvalue weighted by atomic mass is 10.3. The van der Waals surface area contributed by atoms with Crippen LogP contribution >= 0.6 is 11.8 Å². The van der Waals surface area contributed by atoms with Crippen LogP contribution in [0.3, 0.4) is 0 Å². The molecule has 0 rings (SSSR count). The summed E-state index contributed by atoms with van der Waals surface area (Å²) in [6.45, 7) is 1.11. The lowest BCUT2D eigenvalue weighted by Crippen LogP contribution is -2.38. The minimum Gasteiger partial charge on any atom is -0.481 e. The second-order valence-corrected chi connectivity index (χ2v) is 4.13. The number of nitrogens with zero attached hydrogens (tertiary/aromatic N) is 1. The third-order valence-corrected chi connectivity index (χ3v) is 2.41. The average molecular weight is 234 g/mol. The standard InChI is InChI=1S/C9H18N2O3S/c1-11(6-7-15-2)9(14)10-5-3-4-8(12)13/h3-7H2,1-2H3,(H,10,14)(H,12,13). The van der Waals surface area contributed by atoms with Crippen molar-refractivity contribution in [2.45, 2.75) is 12.8 Å². The number of hydrogen-bond acceptors (Lipinski definition) is 3. The van der Waals surface area contributed by atoms with Gasteiger partial charge in [0.15, 0.2) is 0 Å². The monoisotopic (exact) mass is 234 g/mol. The first-order chi connectivity index (χ1) is 7.07. The van der Waals surface area contributed by atoms with Crippen LogP contribution in [0, 0.1) is 0 Å². The van der Waals surface area contributed by atoms with Gasteiger partial charge in [0.1, 0.15) is 0 Å². The van der Waals surface area contributed by atoms with Crippen molar-refractivity contribution in [3.8, 4) is 0 Å². The Labute approximate surface area is 94.2 Å². The number of nitrogens with one attached hydrogen (secondary N) is 1. The van der Waals surface area contributed by atoms with Gasteiger partial charge in [0, 0.05) is 32.3 Å². The minimum absolute atomic E-state index is 0.0921. The Bertz CT molecular complexity index is 212. The van der Waals surface area contributed by atoms with Crippen LogP contribution in [0.1, 0.15) is 12.8 Å². The molecule has 0 heterocycles. The molecular weight excluding hydrogens is 216 g/mol. The molecule has 0 aliphatic rings. The van der Waals surface area contributed by atoms with E-state index in [-0.39, 0.29) is 12.5 Å². The van der Waals surface area contributed by atoms with E-state index in [2.05, 4.69) is 5.32 Å². The van der Waals surface area contributed by atoms with Crippen molar-refractivity contribution in [1.82, 2.24) is 10.2 Å². The highest BCUT2D eigenvalue weighted by Gasteiger charge is 2.06. The van der Waals surface area contributed by atoms with E-state index in [1.807, 2.05) is 6.26 Å². The Morgan fingerprint density at radius 1 is 1.47 bits per heavy atom. The van der Waals surface area contributed by atoms with Crippen molar-refractivity contribution in [1.29, 1.82) is 0 Å². The highest BCUT2D eigenvalue weighted by atomic mass is 32.2. The van der Waals surface area contributed by atoms with Crippen molar-refractivity contribution in [2.24, 2.45) is 0 Å². The van der Waals surface area contributed by atoms with E-state index in [0.29, 0.717) is 19.5 Å². The molecule has 0 saturated carbocycles. The number of thioether (sulfide) groups is 1. The van der Waals surface area contributed by atoms with Gasteiger partial charge >= 0.3 is 12.0 Å². The summed E-state index contributed by atoms with van der Waals surface area (Å²) in [7, 11) is 1.72. The summed E-state index contributed by atoms with van der Waals surface area (Å²) in [6, 6.07) is -0.144. The van der Waals surface area contributed by atoms with E-state index in [0.717, 1.165) is 5.75 Å². The van der Waals surface area contributed by atoms with Crippen molar-refractivity contribution in [2.75, 3.05) is 32.1 Å². The van der Waals surface area contributed by atoms with Crippen molar-refractivity contribution in [3.63, 3.8) is 0 Å². The van der Waals surface area contributed by atoms with Gasteiger partial charge in [-0.2, -0.15) is 11.8 Å². The summed E-state index contributed by atoms with van der Waals surface area (Å²) in [5, 5.41) is 11.0. The number of amides is 2. The van der Waals surface area contributed by atoms with Gasteiger partial charge in [-0.1, -0.05) is 0 Å². The molecule has 2 N–H and O–H groups in total. The molecule has 0 fully saturated rings. The summed E-state index contributed by atoms with van der Waals surface area (Å²) in [5.41, 5.74) is 0. The van der Waals surface area contributed by atoms with Crippen LogP contribution in [0.25, 0.3) is 0 Å². The average Bonchev–Trinajstić information content (AvgIpc) is 2.20. The molecule has 0 saturated heterocycles. The van der Waals surface area contributed by atoms with E-state index in [4.69, 9.17) is 5.11 Å². The Morgan fingerprint density at radius 2 is 2.13 bits per heavy atom. The maximum atomic E-state index is 11.4. The molecule has 0 bridgehead atoms. The molecule has 0 radical (unpaired) electrons. The molecular formula is C9H18N2O3S. The Kier molecular flexibility index (Phi) is 7.89. The number of carboxylic acids is 1. The molecule has 0 unspecified atom stereocenters. The summed E-state index contributed by atoms with van der Waals surface area (Å²) in [5.74, 6) is 0.0685. The lowest BCUT2D eigenvalue weighted by molar-refractivity contribution is -0.137. The van der Waals surface area contributed by atoms with Crippen LogP contribution < -0.4 is 5.32 Å². The van der Waals surface area contributed by atoms with Gasteiger partial charge in [-0.05, 0) is 12.7 Å². The Balaban J connectivity index is 3.51. The summed E-state index contributed by atoms with van der Waals surface area (Å²) in [6.07, 6.45) is 2.55. The number of carbonyl (C=O) groups excluding carboxylic acids is 1. The fraction of sp³-hybridized carbons (Fsp3) is 0.778. The van der Waals surface area contributed by atoms with Gasteiger partial charge in [0.2, 0.25) is 0 Å². The Morgan fingerprint density at radius 3 is 2.67 bits per heavy atom. The fourth-order valence-corrected chi connectivity index (χ4v) is 1.36. The number of hydrogen-bond donors (Lipinski definition) is 2. The molecule has 0 atom stereocenters. The van der Waals surface area contributed by atoms with Crippen molar-refractivity contribution in [3.05, 3.63) is 0 Å². The topological polar surface area (TPSA) is 69.6 Å². The highest BCUT2D eigenvalue weighted by molar-refractivity contribution is 7.98. The van der Waals surface area contributed by atoms with Crippen molar-refractivity contribution < 1.29 is 14.7 Å². The predicted molar refractivity (Wildman–Crippen MR) is 61.3 cm³/mol. The first-order valence-corrected chi connectivity index (χ1v) is 6.17. The van der Waals surface area contributed by atoms with E-state index in [1.165, 1.54) is 0 Å². The number of rotatable bonds is 7. The zero-order valence-electron chi connectivity index (χ0n) is 9.15. The maximum absolute atomic E-state index is 11.4. The van der Waals surface area contributed by atoms with E-state index >= 15 is 0 Å².